The fourth-order valence-electron chi connectivity index (χ4n) is 0. The van der Waals surface area contributed by atoms with Crippen LogP contribution >= 0.6 is 0 Å². The van der Waals surface area contributed by atoms with Crippen molar-refractivity contribution in [2.45, 2.75) is 0 Å². The molecule has 0 radical (unpaired) electrons. The molecule has 0 aromatic carbocycles. The minimum absolute atomic E-state index is 0. The zero-order valence-electron chi connectivity index (χ0n) is 3.33. The molecule has 0 heterocycles. The van der Waals surface area contributed by atoms with Gasteiger partial charge in [-0.25, -0.2) is 0 Å². The number of carbonyl (C=O) groups excluding carboxylic acids is 1. The second kappa shape index (κ2) is 26.9. The molecular formula is CH4Cu2O5. The number of hydrogen-bond acceptors (Lipinski definition) is 3. The smallest absolute Gasteiger partial charge is 0.652 e. The van der Waals surface area contributed by atoms with E-state index in [1.54, 1.807) is 0 Å². The molecule has 0 aliphatic heterocycles. The molecule has 0 unspecified atom stereocenters. The molecule has 0 fully saturated rings. The summed E-state index contributed by atoms with van der Waals surface area (Å²) in [6, 6.07) is 0. The Balaban J connectivity index is -0.00000000750. The molecule has 0 aliphatic carbocycles. The first-order valence-electron chi connectivity index (χ1n) is 0.612. The molecule has 0 aromatic heterocycles. The zero-order chi connectivity index (χ0) is 3.58. The normalized spacial score (nSPS) is 3.00. The summed E-state index contributed by atoms with van der Waals surface area (Å²) in [6.07, 6.45) is -2.33. The minimum atomic E-state index is -2.33. The molecular weight excluding hydrogens is 219 g/mol. The van der Waals surface area contributed by atoms with Crippen LogP contribution in [0.5, 0.6) is 0 Å². The molecule has 0 atom stereocenters. The summed E-state index contributed by atoms with van der Waals surface area (Å²) in [7, 11) is 0. The molecule has 0 bridgehead atoms. The molecule has 8 heavy (non-hydrogen) atoms. The summed E-state index contributed by atoms with van der Waals surface area (Å²) in [4.78, 5) is 8.33. The summed E-state index contributed by atoms with van der Waals surface area (Å²) in [5, 5.41) is 16.7. The average molecular weight is 223 g/mol. The Morgan fingerprint density at radius 1 is 1.00 bits per heavy atom. The van der Waals surface area contributed by atoms with Gasteiger partial charge >= 0.3 is 34.1 Å². The third kappa shape index (κ3) is 3250. The second-order valence-corrected chi connectivity index (χ2v) is 0.250. The van der Waals surface area contributed by atoms with Crippen LogP contribution in [0.25, 0.3) is 0 Å². The number of hydrogen-bond donors (Lipinski definition) is 0. The van der Waals surface area contributed by atoms with E-state index in [1.807, 2.05) is 0 Å². The molecule has 0 saturated heterocycles. The molecule has 0 amide bonds. The Bertz CT molecular complexity index is 33.4. The van der Waals surface area contributed by atoms with Crippen LogP contribution in [0, 0.1) is 0 Å². The topological polar surface area (TPSA) is 126 Å². The van der Waals surface area contributed by atoms with E-state index in [0.717, 1.165) is 0 Å². The van der Waals surface area contributed by atoms with E-state index in [0.29, 0.717) is 0 Å². The van der Waals surface area contributed by atoms with Gasteiger partial charge in [0.05, 0.1) is 0 Å². The van der Waals surface area contributed by atoms with Crippen molar-refractivity contribution < 1.29 is 60.1 Å². The summed E-state index contributed by atoms with van der Waals surface area (Å²) in [6.45, 7) is 0. The van der Waals surface area contributed by atoms with Crippen molar-refractivity contribution >= 4 is 6.16 Å². The fourth-order valence-corrected chi connectivity index (χ4v) is 0. The number of carboxylic acid groups (broad SMARTS) is 2. The van der Waals surface area contributed by atoms with Gasteiger partial charge in [0.25, 0.3) is 0 Å². The van der Waals surface area contributed by atoms with Crippen LogP contribution in [0.2, 0.25) is 0 Å². The first kappa shape index (κ1) is 41.2. The van der Waals surface area contributed by atoms with Crippen LogP contribution in [-0.4, -0.2) is 17.1 Å². The SMILES string of the molecule is O.O.O=C([O-])[O-].[Cu+].[Cu+]. The third-order valence-electron chi connectivity index (χ3n) is 0. The van der Waals surface area contributed by atoms with Crippen molar-refractivity contribution in [3.63, 3.8) is 0 Å². The Morgan fingerprint density at radius 2 is 1.00 bits per heavy atom. The maximum atomic E-state index is 8.33. The molecule has 60 valence electrons. The predicted molar refractivity (Wildman–Crippen MR) is 12.6 cm³/mol. The van der Waals surface area contributed by atoms with Gasteiger partial charge in [0, 0.05) is 0 Å². The van der Waals surface area contributed by atoms with Gasteiger partial charge in [0.15, 0.2) is 0 Å². The summed E-state index contributed by atoms with van der Waals surface area (Å²) >= 11 is 0. The van der Waals surface area contributed by atoms with E-state index in [2.05, 4.69) is 0 Å². The predicted octanol–water partition coefficient (Wildman–Crippen LogP) is -4.10. The van der Waals surface area contributed by atoms with Gasteiger partial charge in [-0.2, -0.15) is 0 Å². The molecule has 0 aromatic rings. The Kier molecular flexibility index (Phi) is 139. The molecule has 0 saturated carbocycles. The quantitative estimate of drug-likeness (QED) is 0.387. The van der Waals surface area contributed by atoms with Gasteiger partial charge in [0.2, 0.25) is 0 Å². The largest absolute Gasteiger partial charge is 1.00 e. The standard InChI is InChI=1S/CH2O3.2Cu.2H2O/c2-1(3)4;;;;/h(H2,2,3,4);;;2*1H2/q;2*+1;;/p-2. The van der Waals surface area contributed by atoms with Crippen molar-refractivity contribution in [2.24, 2.45) is 0 Å². The van der Waals surface area contributed by atoms with Crippen molar-refractivity contribution in [1.29, 1.82) is 0 Å². The van der Waals surface area contributed by atoms with Gasteiger partial charge in [-0.15, -0.1) is 0 Å². The molecule has 7 heteroatoms. The Morgan fingerprint density at radius 3 is 1.00 bits per heavy atom. The summed E-state index contributed by atoms with van der Waals surface area (Å²) in [5.41, 5.74) is 0. The average Bonchev–Trinajstić information content (AvgIpc) is 0.811. The minimum Gasteiger partial charge on any atom is -0.652 e. The van der Waals surface area contributed by atoms with Crippen LogP contribution < -0.4 is 10.2 Å². The van der Waals surface area contributed by atoms with Crippen molar-refractivity contribution in [3.05, 3.63) is 0 Å². The fraction of sp³-hybridized carbons (Fsp3) is 0. The first-order valence-corrected chi connectivity index (χ1v) is 0.612. The van der Waals surface area contributed by atoms with E-state index in [-0.39, 0.29) is 45.1 Å². The molecule has 0 aliphatic rings. The van der Waals surface area contributed by atoms with E-state index in [9.17, 15) is 0 Å². The van der Waals surface area contributed by atoms with Crippen molar-refractivity contribution in [1.82, 2.24) is 0 Å². The maximum absolute atomic E-state index is 8.33. The van der Waals surface area contributed by atoms with Crippen molar-refractivity contribution in [3.8, 4) is 0 Å². The third-order valence-corrected chi connectivity index (χ3v) is 0. The van der Waals surface area contributed by atoms with E-state index >= 15 is 0 Å². The first-order chi connectivity index (χ1) is 1.73. The number of carbonyl (C=O) groups is 1. The Labute approximate surface area is 66.6 Å². The number of rotatable bonds is 0. The van der Waals surface area contributed by atoms with Crippen molar-refractivity contribution in [2.75, 3.05) is 0 Å². The molecule has 4 N–H and O–H groups in total. The summed E-state index contributed by atoms with van der Waals surface area (Å²) < 4.78 is 0. The summed E-state index contributed by atoms with van der Waals surface area (Å²) in [5.74, 6) is 0. The van der Waals surface area contributed by atoms with E-state index in [1.165, 1.54) is 0 Å². The van der Waals surface area contributed by atoms with Crippen LogP contribution in [0.3, 0.4) is 0 Å². The van der Waals surface area contributed by atoms with Gasteiger partial charge in [-0.3, -0.25) is 0 Å². The van der Waals surface area contributed by atoms with Crippen LogP contribution in [0.1, 0.15) is 0 Å². The second-order valence-electron chi connectivity index (χ2n) is 0.250. The van der Waals surface area contributed by atoms with Crippen LogP contribution in [0.4, 0.5) is 4.79 Å². The van der Waals surface area contributed by atoms with Gasteiger partial charge in [0.1, 0.15) is 0 Å². The monoisotopic (exact) mass is 222 g/mol. The van der Waals surface area contributed by atoms with E-state index in [4.69, 9.17) is 15.0 Å². The van der Waals surface area contributed by atoms with Gasteiger partial charge in [-0.05, 0) is 6.16 Å². The molecule has 0 spiro atoms. The van der Waals surface area contributed by atoms with Gasteiger partial charge in [-0.1, -0.05) is 0 Å². The molecule has 5 nitrogen and oxygen atoms in total. The zero-order valence-corrected chi connectivity index (χ0v) is 5.21. The van der Waals surface area contributed by atoms with E-state index < -0.39 is 6.16 Å². The van der Waals surface area contributed by atoms with Crippen LogP contribution in [-0.2, 0) is 34.1 Å². The molecule has 0 rings (SSSR count). The van der Waals surface area contributed by atoms with Gasteiger partial charge < -0.3 is 26.0 Å². The maximum Gasteiger partial charge on any atom is 1.00 e. The Hall–Kier alpha value is 0.229. The van der Waals surface area contributed by atoms with Crippen LogP contribution in [0.15, 0.2) is 0 Å².